The Kier molecular flexibility index (Phi) is 5.88. The van der Waals surface area contributed by atoms with E-state index in [1.807, 2.05) is 13.8 Å². The van der Waals surface area contributed by atoms with Crippen LogP contribution in [0, 0.1) is 11.2 Å². The fourth-order valence-electron chi connectivity index (χ4n) is 1.55. The molecule has 0 spiro atoms. The van der Waals surface area contributed by atoms with Gasteiger partial charge in [0.05, 0.1) is 6.20 Å². The van der Waals surface area contributed by atoms with E-state index in [0.29, 0.717) is 6.54 Å². The van der Waals surface area contributed by atoms with E-state index in [2.05, 4.69) is 25.6 Å². The van der Waals surface area contributed by atoms with E-state index in [-0.39, 0.29) is 10.3 Å². The fraction of sp³-hybridized carbons (Fsp3) is 0.583. The molecule has 0 aromatic carbocycles. The summed E-state index contributed by atoms with van der Waals surface area (Å²) in [6, 6.07) is 0.959. The van der Waals surface area contributed by atoms with Crippen molar-refractivity contribution >= 4 is 26.0 Å². The summed E-state index contributed by atoms with van der Waals surface area (Å²) in [5, 5.41) is 0.886. The number of alkyl halides is 1. The molecule has 0 unspecified atom stereocenters. The van der Waals surface area contributed by atoms with Gasteiger partial charge < -0.3 is 0 Å². The van der Waals surface area contributed by atoms with Gasteiger partial charge in [-0.15, -0.1) is 0 Å². The molecule has 1 aromatic heterocycles. The quantitative estimate of drug-likeness (QED) is 0.767. The Bertz CT molecular complexity index is 520. The molecule has 108 valence electrons. The highest BCUT2D eigenvalue weighted by molar-refractivity contribution is 9.09. The highest BCUT2D eigenvalue weighted by atomic mass is 79.9. The molecule has 0 aliphatic carbocycles. The maximum Gasteiger partial charge on any atom is 0.242 e. The summed E-state index contributed by atoms with van der Waals surface area (Å²) in [6.07, 6.45) is 3.97. The van der Waals surface area contributed by atoms with Crippen LogP contribution in [0.3, 0.4) is 0 Å². The van der Waals surface area contributed by atoms with Gasteiger partial charge in [0.15, 0.2) is 0 Å². The van der Waals surface area contributed by atoms with Crippen molar-refractivity contribution in [1.29, 1.82) is 0 Å². The van der Waals surface area contributed by atoms with Crippen LogP contribution in [0.2, 0.25) is 0 Å². The largest absolute Gasteiger partial charge is 0.260 e. The first kappa shape index (κ1) is 16.5. The van der Waals surface area contributed by atoms with E-state index in [1.165, 1.54) is 0 Å². The van der Waals surface area contributed by atoms with E-state index in [9.17, 15) is 12.8 Å². The third-order valence-corrected chi connectivity index (χ3v) is 4.65. The summed E-state index contributed by atoms with van der Waals surface area (Å²) in [5.74, 6) is -0.665. The van der Waals surface area contributed by atoms with Gasteiger partial charge in [-0.2, -0.15) is 0 Å². The van der Waals surface area contributed by atoms with Crippen molar-refractivity contribution in [3.63, 3.8) is 0 Å². The zero-order valence-corrected chi connectivity index (χ0v) is 13.4. The molecule has 0 bridgehead atoms. The van der Waals surface area contributed by atoms with Crippen LogP contribution in [0.1, 0.15) is 26.7 Å². The average molecular weight is 353 g/mol. The molecule has 0 amide bonds. The standard InChI is InChI=1S/C12H18BrFN2O2S/c1-12(2,4-3-5-13)9-16-19(17,18)11-6-10(14)7-15-8-11/h6-8,16H,3-5,9H2,1-2H3. The lowest BCUT2D eigenvalue weighted by atomic mass is 9.88. The number of rotatable bonds is 7. The molecule has 0 atom stereocenters. The molecule has 1 N–H and O–H groups in total. The topological polar surface area (TPSA) is 59.1 Å². The first-order valence-electron chi connectivity index (χ1n) is 5.93. The maximum absolute atomic E-state index is 13.0. The number of nitrogens with one attached hydrogen (secondary N) is 1. The van der Waals surface area contributed by atoms with Crippen molar-refractivity contribution in [2.75, 3.05) is 11.9 Å². The van der Waals surface area contributed by atoms with E-state index < -0.39 is 15.8 Å². The van der Waals surface area contributed by atoms with Gasteiger partial charge in [0.1, 0.15) is 10.7 Å². The van der Waals surface area contributed by atoms with Crippen molar-refractivity contribution in [2.45, 2.75) is 31.6 Å². The van der Waals surface area contributed by atoms with Crippen LogP contribution in [0.25, 0.3) is 0 Å². The highest BCUT2D eigenvalue weighted by Crippen LogP contribution is 2.22. The Morgan fingerprint density at radius 3 is 2.68 bits per heavy atom. The van der Waals surface area contributed by atoms with Crippen molar-refractivity contribution < 1.29 is 12.8 Å². The molecule has 1 aromatic rings. The predicted octanol–water partition coefficient (Wildman–Crippen LogP) is 2.70. The minimum atomic E-state index is -3.71. The number of pyridine rings is 1. The number of sulfonamides is 1. The number of nitrogens with zero attached hydrogens (tertiary/aromatic N) is 1. The minimum absolute atomic E-state index is 0.149. The van der Waals surface area contributed by atoms with Gasteiger partial charge in [0.25, 0.3) is 0 Å². The summed E-state index contributed by atoms with van der Waals surface area (Å²) in [4.78, 5) is 3.39. The smallest absolute Gasteiger partial charge is 0.242 e. The van der Waals surface area contributed by atoms with E-state index in [4.69, 9.17) is 0 Å². The first-order valence-corrected chi connectivity index (χ1v) is 8.53. The SMILES string of the molecule is CC(C)(CCCBr)CNS(=O)(=O)c1cncc(F)c1. The van der Waals surface area contributed by atoms with Crippen LogP contribution in [0.5, 0.6) is 0 Å². The minimum Gasteiger partial charge on any atom is -0.260 e. The summed E-state index contributed by atoms with van der Waals surface area (Å²) >= 11 is 3.35. The van der Waals surface area contributed by atoms with Crippen molar-refractivity contribution in [3.05, 3.63) is 24.3 Å². The Balaban J connectivity index is 2.71. The second-order valence-electron chi connectivity index (χ2n) is 5.12. The van der Waals surface area contributed by atoms with Gasteiger partial charge in [0.2, 0.25) is 10.0 Å². The predicted molar refractivity (Wildman–Crippen MR) is 76.2 cm³/mol. The monoisotopic (exact) mass is 352 g/mol. The van der Waals surface area contributed by atoms with E-state index >= 15 is 0 Å². The van der Waals surface area contributed by atoms with Gasteiger partial charge in [0, 0.05) is 18.1 Å². The molecule has 1 heterocycles. The molecule has 0 radical (unpaired) electrons. The molecule has 0 fully saturated rings. The molecule has 7 heteroatoms. The summed E-state index contributed by atoms with van der Waals surface area (Å²) in [6.45, 7) is 4.28. The third-order valence-electron chi connectivity index (χ3n) is 2.72. The lowest BCUT2D eigenvalue weighted by Crippen LogP contribution is -2.34. The molecule has 1 rings (SSSR count). The maximum atomic E-state index is 13.0. The third kappa shape index (κ3) is 5.54. The summed E-state index contributed by atoms with van der Waals surface area (Å²) in [7, 11) is -3.71. The Morgan fingerprint density at radius 2 is 2.11 bits per heavy atom. The molecular formula is C12H18BrFN2O2S. The van der Waals surface area contributed by atoms with E-state index in [0.717, 1.165) is 36.6 Å². The lowest BCUT2D eigenvalue weighted by Gasteiger charge is -2.24. The van der Waals surface area contributed by atoms with Gasteiger partial charge in [-0.1, -0.05) is 29.8 Å². The van der Waals surface area contributed by atoms with Gasteiger partial charge in [-0.3, -0.25) is 4.98 Å². The second-order valence-corrected chi connectivity index (χ2v) is 7.68. The number of aromatic nitrogens is 1. The molecule has 0 aliphatic heterocycles. The zero-order chi connectivity index (χ0) is 14.5. The molecule has 0 saturated carbocycles. The molecule has 19 heavy (non-hydrogen) atoms. The Hall–Kier alpha value is -0.530. The van der Waals surface area contributed by atoms with Crippen molar-refractivity contribution in [3.8, 4) is 0 Å². The first-order chi connectivity index (χ1) is 8.77. The zero-order valence-electron chi connectivity index (χ0n) is 11.0. The summed E-state index contributed by atoms with van der Waals surface area (Å²) < 4.78 is 39.4. The van der Waals surface area contributed by atoms with Crippen molar-refractivity contribution in [2.24, 2.45) is 5.41 Å². The van der Waals surface area contributed by atoms with E-state index in [1.54, 1.807) is 0 Å². The van der Waals surface area contributed by atoms with Gasteiger partial charge >= 0.3 is 0 Å². The van der Waals surface area contributed by atoms with Crippen molar-refractivity contribution in [1.82, 2.24) is 9.71 Å². The molecular weight excluding hydrogens is 335 g/mol. The van der Waals surface area contributed by atoms with Crippen LogP contribution in [0.4, 0.5) is 4.39 Å². The number of halogens is 2. The number of hydrogen-bond acceptors (Lipinski definition) is 3. The lowest BCUT2D eigenvalue weighted by molar-refractivity contribution is 0.332. The van der Waals surface area contributed by atoms with Crippen LogP contribution in [0.15, 0.2) is 23.4 Å². The highest BCUT2D eigenvalue weighted by Gasteiger charge is 2.22. The van der Waals surface area contributed by atoms with Gasteiger partial charge in [-0.25, -0.2) is 17.5 Å². The average Bonchev–Trinajstić information content (AvgIpc) is 2.34. The normalized spacial score (nSPS) is 12.6. The Labute approximate surface area is 122 Å². The Morgan fingerprint density at radius 1 is 1.42 bits per heavy atom. The number of hydrogen-bond donors (Lipinski definition) is 1. The van der Waals surface area contributed by atoms with Crippen LogP contribution in [-0.2, 0) is 10.0 Å². The summed E-state index contributed by atoms with van der Waals surface area (Å²) in [5.41, 5.74) is -0.151. The van der Waals surface area contributed by atoms with Gasteiger partial charge in [-0.05, 0) is 24.3 Å². The molecule has 4 nitrogen and oxygen atoms in total. The van der Waals surface area contributed by atoms with Crippen LogP contribution < -0.4 is 4.72 Å². The van der Waals surface area contributed by atoms with Crippen LogP contribution >= 0.6 is 15.9 Å². The molecule has 0 aliphatic rings. The molecule has 0 saturated heterocycles. The second kappa shape index (κ2) is 6.76. The van der Waals surface area contributed by atoms with Crippen LogP contribution in [-0.4, -0.2) is 25.3 Å². The fourth-order valence-corrected chi connectivity index (χ4v) is 3.04.